The number of nitrogens with zero attached hydrogens (tertiary/aromatic N) is 3. The van der Waals surface area contributed by atoms with Gasteiger partial charge < -0.3 is 5.32 Å². The summed E-state index contributed by atoms with van der Waals surface area (Å²) in [6.45, 7) is 3.83. The second-order valence-corrected chi connectivity index (χ2v) is 7.86. The van der Waals surface area contributed by atoms with Crippen molar-refractivity contribution >= 4 is 33.0 Å². The van der Waals surface area contributed by atoms with E-state index in [0.717, 1.165) is 15.1 Å². The largest absolute Gasteiger partial charge is 0.350 e. The number of hydrogen-bond donors (Lipinski definition) is 1. The summed E-state index contributed by atoms with van der Waals surface area (Å²) in [4.78, 5) is 26.3. The van der Waals surface area contributed by atoms with Crippen LogP contribution in [0.25, 0.3) is 15.7 Å². The van der Waals surface area contributed by atoms with Gasteiger partial charge in [0.2, 0.25) is 5.91 Å². The van der Waals surface area contributed by atoms with E-state index in [9.17, 15) is 14.0 Å². The van der Waals surface area contributed by atoms with Crippen molar-refractivity contribution in [2.75, 3.05) is 0 Å². The highest BCUT2D eigenvalue weighted by Crippen LogP contribution is 2.28. The van der Waals surface area contributed by atoms with Crippen LogP contribution in [0.2, 0.25) is 0 Å². The third-order valence-electron chi connectivity index (χ3n) is 4.60. The van der Waals surface area contributed by atoms with Crippen LogP contribution in [-0.2, 0) is 24.3 Å². The van der Waals surface area contributed by atoms with Gasteiger partial charge in [-0.1, -0.05) is 25.1 Å². The van der Waals surface area contributed by atoms with Gasteiger partial charge in [0.05, 0.1) is 10.2 Å². The molecule has 0 unspecified atom stereocenters. The minimum absolute atomic E-state index is 0.0588. The lowest BCUT2D eigenvalue weighted by atomic mass is 10.2. The van der Waals surface area contributed by atoms with Gasteiger partial charge >= 0.3 is 0 Å². The normalized spacial score (nSPS) is 11.4. The fraction of sp³-hybridized carbons (Fsp3) is 0.250. The van der Waals surface area contributed by atoms with Crippen LogP contribution in [0.1, 0.15) is 23.2 Å². The molecule has 4 rings (SSSR count). The molecular weight excluding hydrogens is 379 g/mol. The zero-order chi connectivity index (χ0) is 19.8. The Morgan fingerprint density at radius 3 is 2.79 bits per heavy atom. The van der Waals surface area contributed by atoms with Crippen molar-refractivity contribution in [3.8, 4) is 0 Å². The van der Waals surface area contributed by atoms with Crippen molar-refractivity contribution in [1.29, 1.82) is 0 Å². The molecule has 0 saturated heterocycles. The lowest BCUT2D eigenvalue weighted by molar-refractivity contribution is -0.122. The van der Waals surface area contributed by atoms with Crippen LogP contribution in [0.15, 0.2) is 41.2 Å². The Hall–Kier alpha value is -3.00. The molecule has 1 aromatic carbocycles. The second-order valence-electron chi connectivity index (χ2n) is 6.57. The minimum atomic E-state index is -0.395. The molecule has 1 N–H and O–H groups in total. The zero-order valence-electron chi connectivity index (χ0n) is 15.5. The van der Waals surface area contributed by atoms with Crippen LogP contribution < -0.4 is 10.9 Å². The molecule has 3 heterocycles. The molecular formula is C20H19FN4O2S. The molecule has 1 amide bonds. The van der Waals surface area contributed by atoms with E-state index in [1.807, 2.05) is 30.4 Å². The number of thiophene rings is 1. The number of hydrogen-bond acceptors (Lipinski definition) is 4. The number of halogens is 1. The van der Waals surface area contributed by atoms with E-state index in [-0.39, 0.29) is 24.5 Å². The molecule has 0 spiro atoms. The standard InChI is InChI=1S/C20H19FN4O2S/c1-3-18-23-24(11-19(26)22-10-13-6-4-5-7-14(13)21)20(27)16-9-17-15(25(16)18)8-12(2)28-17/h4-9H,3,10-11H2,1-2H3,(H,22,26). The molecule has 8 heteroatoms. The van der Waals surface area contributed by atoms with E-state index >= 15 is 0 Å². The summed E-state index contributed by atoms with van der Waals surface area (Å²) in [5.74, 6) is -0.0610. The summed E-state index contributed by atoms with van der Waals surface area (Å²) < 4.78 is 17.8. The van der Waals surface area contributed by atoms with Gasteiger partial charge in [-0.3, -0.25) is 14.0 Å². The summed E-state index contributed by atoms with van der Waals surface area (Å²) >= 11 is 1.62. The molecule has 3 aromatic heterocycles. The number of aromatic nitrogens is 3. The van der Waals surface area contributed by atoms with E-state index in [0.29, 0.717) is 23.3 Å². The first-order valence-corrected chi connectivity index (χ1v) is 9.81. The Morgan fingerprint density at radius 1 is 1.25 bits per heavy atom. The van der Waals surface area contributed by atoms with Gasteiger partial charge in [-0.25, -0.2) is 9.07 Å². The van der Waals surface area contributed by atoms with Gasteiger partial charge in [0.1, 0.15) is 23.7 Å². The summed E-state index contributed by atoms with van der Waals surface area (Å²) in [6.07, 6.45) is 0.617. The number of amides is 1. The number of benzene rings is 1. The molecule has 0 bridgehead atoms. The third-order valence-corrected chi connectivity index (χ3v) is 5.59. The smallest absolute Gasteiger partial charge is 0.291 e. The highest BCUT2D eigenvalue weighted by atomic mass is 32.1. The Bertz CT molecular complexity index is 1250. The predicted molar refractivity (Wildman–Crippen MR) is 107 cm³/mol. The van der Waals surface area contributed by atoms with Crippen molar-refractivity contribution in [2.45, 2.75) is 33.4 Å². The highest BCUT2D eigenvalue weighted by molar-refractivity contribution is 7.19. The number of rotatable bonds is 5. The lowest BCUT2D eigenvalue weighted by Gasteiger charge is -2.10. The summed E-state index contributed by atoms with van der Waals surface area (Å²) in [7, 11) is 0. The summed E-state index contributed by atoms with van der Waals surface area (Å²) in [6, 6.07) is 10.1. The monoisotopic (exact) mass is 398 g/mol. The Morgan fingerprint density at radius 2 is 2.04 bits per heavy atom. The molecule has 0 fully saturated rings. The van der Waals surface area contributed by atoms with E-state index in [2.05, 4.69) is 10.4 Å². The van der Waals surface area contributed by atoms with Gasteiger partial charge in [0.15, 0.2) is 0 Å². The number of carbonyl (C=O) groups excluding carboxylic acids is 1. The first-order valence-electron chi connectivity index (χ1n) is 8.99. The molecule has 0 aliphatic rings. The van der Waals surface area contributed by atoms with Crippen LogP contribution in [0.4, 0.5) is 4.39 Å². The second kappa shape index (κ2) is 7.20. The molecule has 4 aromatic rings. The van der Waals surface area contributed by atoms with Gasteiger partial charge in [0.25, 0.3) is 5.56 Å². The van der Waals surface area contributed by atoms with Crippen molar-refractivity contribution in [3.63, 3.8) is 0 Å². The Labute approximate surface area is 164 Å². The van der Waals surface area contributed by atoms with Gasteiger partial charge in [-0.05, 0) is 25.1 Å². The lowest BCUT2D eigenvalue weighted by Crippen LogP contribution is -2.35. The van der Waals surface area contributed by atoms with Crippen molar-refractivity contribution in [2.24, 2.45) is 0 Å². The maximum Gasteiger partial charge on any atom is 0.291 e. The van der Waals surface area contributed by atoms with Crippen molar-refractivity contribution in [1.82, 2.24) is 19.5 Å². The zero-order valence-corrected chi connectivity index (χ0v) is 16.3. The van der Waals surface area contributed by atoms with E-state index < -0.39 is 5.91 Å². The van der Waals surface area contributed by atoms with Crippen LogP contribution in [-0.4, -0.2) is 20.1 Å². The number of fused-ring (bicyclic) bond motifs is 3. The third kappa shape index (κ3) is 3.20. The number of aryl methyl sites for hydroxylation is 2. The molecule has 28 heavy (non-hydrogen) atoms. The maximum atomic E-state index is 13.7. The van der Waals surface area contributed by atoms with Crippen LogP contribution >= 0.6 is 11.3 Å². The van der Waals surface area contributed by atoms with Crippen LogP contribution in [0, 0.1) is 12.7 Å². The fourth-order valence-electron chi connectivity index (χ4n) is 3.28. The highest BCUT2D eigenvalue weighted by Gasteiger charge is 2.16. The first-order chi connectivity index (χ1) is 13.5. The van der Waals surface area contributed by atoms with Gasteiger partial charge in [0, 0.05) is 23.4 Å². The van der Waals surface area contributed by atoms with Gasteiger partial charge in [-0.15, -0.1) is 11.3 Å². The summed E-state index contributed by atoms with van der Waals surface area (Å²) in [5, 5.41) is 7.05. The predicted octanol–water partition coefficient (Wildman–Crippen LogP) is 3.04. The van der Waals surface area contributed by atoms with Crippen molar-refractivity contribution in [3.05, 3.63) is 68.8 Å². The average Bonchev–Trinajstić information content (AvgIpc) is 3.20. The minimum Gasteiger partial charge on any atom is -0.350 e. The molecule has 6 nitrogen and oxygen atoms in total. The number of nitrogens with one attached hydrogen (secondary N) is 1. The maximum absolute atomic E-state index is 13.7. The number of carbonyl (C=O) groups is 1. The van der Waals surface area contributed by atoms with Gasteiger partial charge in [-0.2, -0.15) is 5.10 Å². The quantitative estimate of drug-likeness (QED) is 0.562. The molecule has 0 radical (unpaired) electrons. The van der Waals surface area contributed by atoms with E-state index in [1.54, 1.807) is 29.5 Å². The van der Waals surface area contributed by atoms with E-state index in [4.69, 9.17) is 0 Å². The molecule has 0 saturated carbocycles. The topological polar surface area (TPSA) is 68.4 Å². The van der Waals surface area contributed by atoms with Crippen molar-refractivity contribution < 1.29 is 9.18 Å². The van der Waals surface area contributed by atoms with Crippen LogP contribution in [0.5, 0.6) is 0 Å². The molecule has 0 aliphatic carbocycles. The molecule has 0 atom stereocenters. The summed E-state index contributed by atoms with van der Waals surface area (Å²) in [5.41, 5.74) is 1.55. The first kappa shape index (κ1) is 18.4. The Kier molecular flexibility index (Phi) is 4.72. The SMILES string of the molecule is CCc1nn(CC(=O)NCc2ccccc2F)c(=O)c2cc3sc(C)cc3n12. The van der Waals surface area contributed by atoms with E-state index in [1.165, 1.54) is 10.7 Å². The Balaban J connectivity index is 1.63. The fourth-order valence-corrected chi connectivity index (χ4v) is 4.22. The molecule has 144 valence electrons. The average molecular weight is 398 g/mol. The van der Waals surface area contributed by atoms with Crippen LogP contribution in [0.3, 0.4) is 0 Å². The molecule has 0 aliphatic heterocycles.